The molecule has 1 atom stereocenters. The van der Waals surface area contributed by atoms with Gasteiger partial charge in [-0.15, -0.1) is 6.58 Å². The summed E-state index contributed by atoms with van der Waals surface area (Å²) in [5.74, 6) is 0.655. The molecule has 0 spiro atoms. The molecule has 2 saturated heterocycles. The topological polar surface area (TPSA) is 59.0 Å². The molecule has 1 saturated carbocycles. The van der Waals surface area contributed by atoms with Crippen molar-refractivity contribution in [3.8, 4) is 5.75 Å². The van der Waals surface area contributed by atoms with Crippen LogP contribution < -0.4 is 5.32 Å². The SMILES string of the molecule is C=CCN1CC(N2CCN(C(=O)CNc3cc(C4CC4)c(Cl)cc3O)CC2C)C1. The predicted molar refractivity (Wildman–Crippen MR) is 117 cm³/mol. The smallest absolute Gasteiger partial charge is 0.241 e. The molecule has 1 unspecified atom stereocenters. The van der Waals surface area contributed by atoms with Gasteiger partial charge in [0.15, 0.2) is 0 Å². The van der Waals surface area contributed by atoms with E-state index in [-0.39, 0.29) is 18.2 Å². The molecular weight excluding hydrogens is 388 g/mol. The Morgan fingerprint density at radius 3 is 2.72 bits per heavy atom. The van der Waals surface area contributed by atoms with Crippen molar-refractivity contribution in [2.24, 2.45) is 0 Å². The number of halogens is 1. The number of carbonyl (C=O) groups excluding carboxylic acids is 1. The average Bonchev–Trinajstić information content (AvgIpc) is 3.49. The lowest BCUT2D eigenvalue weighted by atomic mass is 10.0. The number of anilines is 1. The van der Waals surface area contributed by atoms with Crippen molar-refractivity contribution < 1.29 is 9.90 Å². The highest BCUT2D eigenvalue weighted by Gasteiger charge is 2.37. The van der Waals surface area contributed by atoms with E-state index in [4.69, 9.17) is 11.6 Å². The van der Waals surface area contributed by atoms with Gasteiger partial charge in [-0.1, -0.05) is 17.7 Å². The number of nitrogens with zero attached hydrogens (tertiary/aromatic N) is 3. The molecule has 2 aliphatic heterocycles. The van der Waals surface area contributed by atoms with Crippen LogP contribution in [0.1, 0.15) is 31.2 Å². The summed E-state index contributed by atoms with van der Waals surface area (Å²) in [6.45, 7) is 11.7. The lowest BCUT2D eigenvalue weighted by Gasteiger charge is -2.50. The van der Waals surface area contributed by atoms with Gasteiger partial charge in [0, 0.05) is 62.4 Å². The van der Waals surface area contributed by atoms with Crippen molar-refractivity contribution in [3.05, 3.63) is 35.4 Å². The van der Waals surface area contributed by atoms with Crippen molar-refractivity contribution in [2.75, 3.05) is 51.1 Å². The van der Waals surface area contributed by atoms with Gasteiger partial charge in [-0.2, -0.15) is 0 Å². The second kappa shape index (κ2) is 8.54. The number of aromatic hydroxyl groups is 1. The van der Waals surface area contributed by atoms with Crippen LogP contribution in [0.3, 0.4) is 0 Å². The number of piperazine rings is 1. The molecule has 158 valence electrons. The number of phenols is 1. The van der Waals surface area contributed by atoms with Gasteiger partial charge in [-0.05, 0) is 37.3 Å². The molecule has 7 heteroatoms. The number of hydrogen-bond acceptors (Lipinski definition) is 5. The molecule has 3 fully saturated rings. The van der Waals surface area contributed by atoms with Crippen LogP contribution in [0, 0.1) is 0 Å². The zero-order chi connectivity index (χ0) is 20.5. The second-order valence-corrected chi connectivity index (χ2v) is 9.01. The number of amides is 1. The first-order chi connectivity index (χ1) is 14.0. The molecule has 2 heterocycles. The van der Waals surface area contributed by atoms with Crippen LogP contribution in [-0.2, 0) is 4.79 Å². The van der Waals surface area contributed by atoms with Crippen molar-refractivity contribution in [3.63, 3.8) is 0 Å². The molecule has 6 nitrogen and oxygen atoms in total. The number of rotatable bonds is 7. The Hall–Kier alpha value is -1.76. The molecule has 1 amide bonds. The highest BCUT2D eigenvalue weighted by Crippen LogP contribution is 2.45. The molecule has 1 aromatic carbocycles. The molecule has 0 aromatic heterocycles. The number of phenolic OH excluding ortho intramolecular Hbond substituents is 1. The summed E-state index contributed by atoms with van der Waals surface area (Å²) in [5, 5.41) is 13.9. The monoisotopic (exact) mass is 418 g/mol. The van der Waals surface area contributed by atoms with E-state index < -0.39 is 0 Å². The normalized spacial score (nSPS) is 23.7. The minimum Gasteiger partial charge on any atom is -0.506 e. The van der Waals surface area contributed by atoms with Gasteiger partial charge in [0.1, 0.15) is 5.75 Å². The summed E-state index contributed by atoms with van der Waals surface area (Å²) < 4.78 is 0. The summed E-state index contributed by atoms with van der Waals surface area (Å²) in [6.07, 6.45) is 4.23. The maximum Gasteiger partial charge on any atom is 0.241 e. The minimum absolute atomic E-state index is 0.0701. The van der Waals surface area contributed by atoms with Gasteiger partial charge in [0.2, 0.25) is 5.91 Å². The Bertz CT molecular complexity index is 776. The summed E-state index contributed by atoms with van der Waals surface area (Å²) >= 11 is 6.24. The standard InChI is InChI=1S/C22H31ClN4O2/c1-3-6-25-13-17(14-25)27-8-7-26(12-15(27)2)22(29)11-24-20-9-18(16-4-5-16)19(23)10-21(20)28/h3,9-10,15-17,24,28H,1,4-8,11-14H2,2H3. The molecule has 4 rings (SSSR count). The lowest BCUT2D eigenvalue weighted by molar-refractivity contribution is -0.133. The van der Waals surface area contributed by atoms with Crippen molar-refractivity contribution in [1.29, 1.82) is 0 Å². The summed E-state index contributed by atoms with van der Waals surface area (Å²) in [4.78, 5) is 19.6. The minimum atomic E-state index is 0.0701. The Balaban J connectivity index is 1.28. The predicted octanol–water partition coefficient (Wildman–Crippen LogP) is 2.74. The number of benzene rings is 1. The third-order valence-corrected chi connectivity index (χ3v) is 6.72. The zero-order valence-electron chi connectivity index (χ0n) is 17.1. The quantitative estimate of drug-likeness (QED) is 0.526. The summed E-state index contributed by atoms with van der Waals surface area (Å²) in [6, 6.07) is 4.42. The largest absolute Gasteiger partial charge is 0.506 e. The first kappa shape index (κ1) is 20.5. The number of likely N-dealkylation sites (tertiary alicyclic amines) is 1. The number of nitrogens with one attached hydrogen (secondary N) is 1. The highest BCUT2D eigenvalue weighted by atomic mass is 35.5. The van der Waals surface area contributed by atoms with Gasteiger partial charge in [0.05, 0.1) is 12.2 Å². The average molecular weight is 419 g/mol. The Labute approximate surface area is 178 Å². The number of carbonyl (C=O) groups is 1. The third-order valence-electron chi connectivity index (χ3n) is 6.39. The van der Waals surface area contributed by atoms with E-state index in [0.29, 0.717) is 28.7 Å². The van der Waals surface area contributed by atoms with Crippen LogP contribution in [0.5, 0.6) is 5.75 Å². The Morgan fingerprint density at radius 1 is 1.31 bits per heavy atom. The third kappa shape index (κ3) is 4.55. The van der Waals surface area contributed by atoms with Crippen molar-refractivity contribution in [1.82, 2.24) is 14.7 Å². The molecule has 1 aromatic rings. The van der Waals surface area contributed by atoms with Crippen molar-refractivity contribution >= 4 is 23.2 Å². The molecule has 29 heavy (non-hydrogen) atoms. The highest BCUT2D eigenvalue weighted by molar-refractivity contribution is 6.31. The van der Waals surface area contributed by atoms with Gasteiger partial charge in [0.25, 0.3) is 0 Å². The van der Waals surface area contributed by atoms with Gasteiger partial charge in [-0.25, -0.2) is 0 Å². The fourth-order valence-electron chi connectivity index (χ4n) is 4.54. The van der Waals surface area contributed by atoms with Crippen LogP contribution in [0.25, 0.3) is 0 Å². The van der Waals surface area contributed by atoms with E-state index in [0.717, 1.165) is 57.7 Å². The maximum atomic E-state index is 12.7. The van der Waals surface area contributed by atoms with Gasteiger partial charge < -0.3 is 15.3 Å². The van der Waals surface area contributed by atoms with Crippen LogP contribution >= 0.6 is 11.6 Å². The fraction of sp³-hybridized carbons (Fsp3) is 0.591. The van der Waals surface area contributed by atoms with Crippen LogP contribution in [0.2, 0.25) is 5.02 Å². The van der Waals surface area contributed by atoms with E-state index in [9.17, 15) is 9.90 Å². The van der Waals surface area contributed by atoms with Crippen LogP contribution in [0.4, 0.5) is 5.69 Å². The summed E-state index contributed by atoms with van der Waals surface area (Å²) in [7, 11) is 0. The Kier molecular flexibility index (Phi) is 6.04. The summed E-state index contributed by atoms with van der Waals surface area (Å²) in [5.41, 5.74) is 1.65. The van der Waals surface area contributed by atoms with Gasteiger partial charge >= 0.3 is 0 Å². The first-order valence-corrected chi connectivity index (χ1v) is 11.0. The maximum absolute atomic E-state index is 12.7. The fourth-order valence-corrected chi connectivity index (χ4v) is 4.85. The van der Waals surface area contributed by atoms with Crippen LogP contribution in [0.15, 0.2) is 24.8 Å². The molecule has 3 aliphatic rings. The first-order valence-electron chi connectivity index (χ1n) is 10.6. The number of hydrogen-bond donors (Lipinski definition) is 2. The lowest BCUT2D eigenvalue weighted by Crippen LogP contribution is -2.66. The van der Waals surface area contributed by atoms with E-state index in [1.165, 1.54) is 0 Å². The molecule has 0 radical (unpaired) electrons. The van der Waals surface area contributed by atoms with Crippen LogP contribution in [-0.4, -0.2) is 83.6 Å². The van der Waals surface area contributed by atoms with Gasteiger partial charge in [-0.3, -0.25) is 14.6 Å². The second-order valence-electron chi connectivity index (χ2n) is 8.61. The molecular formula is C22H31ClN4O2. The molecule has 2 N–H and O–H groups in total. The van der Waals surface area contributed by atoms with E-state index in [1.807, 2.05) is 17.0 Å². The van der Waals surface area contributed by atoms with E-state index in [1.54, 1.807) is 6.07 Å². The molecule has 0 bridgehead atoms. The van der Waals surface area contributed by atoms with E-state index >= 15 is 0 Å². The van der Waals surface area contributed by atoms with E-state index in [2.05, 4.69) is 28.6 Å². The molecule has 1 aliphatic carbocycles. The van der Waals surface area contributed by atoms with Crippen molar-refractivity contribution in [2.45, 2.75) is 37.8 Å². The zero-order valence-corrected chi connectivity index (χ0v) is 17.9. The Morgan fingerprint density at radius 2 is 2.07 bits per heavy atom.